The van der Waals surface area contributed by atoms with Crippen LogP contribution in [0.2, 0.25) is 5.02 Å². The summed E-state index contributed by atoms with van der Waals surface area (Å²) in [5.41, 5.74) is 0.695. The van der Waals surface area contributed by atoms with E-state index in [0.717, 1.165) is 43.5 Å². The van der Waals surface area contributed by atoms with Crippen LogP contribution in [0.4, 0.5) is 0 Å². The monoisotopic (exact) mass is 372 g/mol. The van der Waals surface area contributed by atoms with Crippen molar-refractivity contribution in [2.45, 2.75) is 32.7 Å². The van der Waals surface area contributed by atoms with Gasteiger partial charge in [-0.25, -0.2) is 0 Å². The van der Waals surface area contributed by atoms with Gasteiger partial charge in [-0.3, -0.25) is 4.79 Å². The van der Waals surface area contributed by atoms with E-state index < -0.39 is 0 Å². The molecule has 1 aliphatic rings. The van der Waals surface area contributed by atoms with Crippen molar-refractivity contribution in [2.24, 2.45) is 0 Å². The minimum Gasteiger partial charge on any atom is -0.338 e. The molecule has 1 amide bonds. The minimum absolute atomic E-state index is 0.0940. The van der Waals surface area contributed by atoms with E-state index >= 15 is 0 Å². The van der Waals surface area contributed by atoms with Gasteiger partial charge < -0.3 is 9.80 Å². The molecule has 1 aromatic carbocycles. The van der Waals surface area contributed by atoms with Gasteiger partial charge in [0.05, 0.1) is 5.56 Å². The second kappa shape index (κ2) is 7.61. The summed E-state index contributed by atoms with van der Waals surface area (Å²) >= 11 is 9.36. The Morgan fingerprint density at radius 2 is 1.95 bits per heavy atom. The molecule has 0 N–H and O–H groups in total. The first kappa shape index (κ1) is 16.8. The molecule has 0 saturated carbocycles. The Bertz CT molecular complexity index is 497. The van der Waals surface area contributed by atoms with Gasteiger partial charge in [-0.2, -0.15) is 0 Å². The van der Waals surface area contributed by atoms with Crippen molar-refractivity contribution in [3.05, 3.63) is 33.3 Å². The molecule has 1 aromatic rings. The second-order valence-electron chi connectivity index (χ2n) is 5.37. The average molecular weight is 374 g/mol. The van der Waals surface area contributed by atoms with Crippen molar-refractivity contribution >= 4 is 33.4 Å². The largest absolute Gasteiger partial charge is 0.338 e. The number of hydrogen-bond donors (Lipinski definition) is 0. The van der Waals surface area contributed by atoms with Crippen LogP contribution in [0.15, 0.2) is 22.7 Å². The van der Waals surface area contributed by atoms with E-state index in [4.69, 9.17) is 11.6 Å². The van der Waals surface area contributed by atoms with Crippen LogP contribution in [0.1, 0.15) is 37.0 Å². The summed E-state index contributed by atoms with van der Waals surface area (Å²) in [4.78, 5) is 17.0. The van der Waals surface area contributed by atoms with Crippen LogP contribution in [0.3, 0.4) is 0 Å². The highest BCUT2D eigenvalue weighted by Crippen LogP contribution is 2.25. The van der Waals surface area contributed by atoms with Crippen molar-refractivity contribution in [1.82, 2.24) is 9.80 Å². The lowest BCUT2D eigenvalue weighted by molar-refractivity contribution is 0.0630. The van der Waals surface area contributed by atoms with E-state index in [2.05, 4.69) is 34.7 Å². The van der Waals surface area contributed by atoms with Crippen molar-refractivity contribution in [3.63, 3.8) is 0 Å². The molecule has 3 nitrogen and oxygen atoms in total. The topological polar surface area (TPSA) is 23.6 Å². The maximum absolute atomic E-state index is 12.6. The molecule has 0 aromatic heterocycles. The molecule has 2 rings (SSSR count). The van der Waals surface area contributed by atoms with Gasteiger partial charge in [-0.15, -0.1) is 0 Å². The fourth-order valence-electron chi connectivity index (χ4n) is 3.01. The van der Waals surface area contributed by atoms with Crippen molar-refractivity contribution in [3.8, 4) is 0 Å². The third-order valence-corrected chi connectivity index (χ3v) is 5.13. The summed E-state index contributed by atoms with van der Waals surface area (Å²) in [6.45, 7) is 8.22. The van der Waals surface area contributed by atoms with E-state index in [1.807, 2.05) is 4.90 Å². The molecule has 1 saturated heterocycles. The molecule has 116 valence electrons. The van der Waals surface area contributed by atoms with Crippen LogP contribution in [-0.4, -0.2) is 47.9 Å². The standard InChI is InChI=1S/C16H22BrClN2O/c1-3-19(4-2)13-7-9-20(10-8-13)16(21)14-6-5-12(18)11-15(14)17/h5-6,11,13H,3-4,7-10H2,1-2H3. The predicted octanol–water partition coefficient (Wildman–Crippen LogP) is 4.05. The summed E-state index contributed by atoms with van der Waals surface area (Å²) in [6.07, 6.45) is 2.11. The van der Waals surface area contributed by atoms with Gasteiger partial charge in [-0.1, -0.05) is 25.4 Å². The van der Waals surface area contributed by atoms with Crippen molar-refractivity contribution < 1.29 is 4.79 Å². The van der Waals surface area contributed by atoms with Crippen molar-refractivity contribution in [2.75, 3.05) is 26.2 Å². The molecular formula is C16H22BrClN2O. The number of carbonyl (C=O) groups excluding carboxylic acids is 1. The van der Waals surface area contributed by atoms with E-state index in [0.29, 0.717) is 16.6 Å². The molecule has 0 radical (unpaired) electrons. The summed E-state index contributed by atoms with van der Waals surface area (Å²) in [6, 6.07) is 5.95. The SMILES string of the molecule is CCN(CC)C1CCN(C(=O)c2ccc(Cl)cc2Br)CC1. The third-order valence-electron chi connectivity index (χ3n) is 4.24. The molecule has 0 bridgehead atoms. The molecule has 0 aliphatic carbocycles. The van der Waals surface area contributed by atoms with Crippen LogP contribution >= 0.6 is 27.5 Å². The zero-order valence-electron chi connectivity index (χ0n) is 12.6. The van der Waals surface area contributed by atoms with Crippen LogP contribution in [0, 0.1) is 0 Å². The number of halogens is 2. The molecule has 1 fully saturated rings. The van der Waals surface area contributed by atoms with Gasteiger partial charge in [0.2, 0.25) is 0 Å². The Morgan fingerprint density at radius 3 is 2.48 bits per heavy atom. The lowest BCUT2D eigenvalue weighted by Crippen LogP contribution is -2.46. The smallest absolute Gasteiger partial charge is 0.255 e. The van der Waals surface area contributed by atoms with Crippen LogP contribution in [-0.2, 0) is 0 Å². The van der Waals surface area contributed by atoms with Gasteiger partial charge in [0.1, 0.15) is 0 Å². The fraction of sp³-hybridized carbons (Fsp3) is 0.562. The summed E-state index contributed by atoms with van der Waals surface area (Å²) in [7, 11) is 0. The maximum Gasteiger partial charge on any atom is 0.255 e. The van der Waals surface area contributed by atoms with Gasteiger partial charge in [-0.05, 0) is 60.1 Å². The molecule has 21 heavy (non-hydrogen) atoms. The minimum atomic E-state index is 0.0940. The lowest BCUT2D eigenvalue weighted by atomic mass is 10.0. The summed E-state index contributed by atoms with van der Waals surface area (Å²) in [5.74, 6) is 0.0940. The summed E-state index contributed by atoms with van der Waals surface area (Å²) in [5, 5.41) is 0.638. The second-order valence-corrected chi connectivity index (χ2v) is 6.66. The van der Waals surface area contributed by atoms with Gasteiger partial charge in [0, 0.05) is 28.6 Å². The molecular weight excluding hydrogens is 352 g/mol. The maximum atomic E-state index is 12.6. The zero-order valence-corrected chi connectivity index (χ0v) is 15.0. The average Bonchev–Trinajstić information content (AvgIpc) is 2.48. The van der Waals surface area contributed by atoms with Crippen LogP contribution in [0.5, 0.6) is 0 Å². The van der Waals surface area contributed by atoms with Gasteiger partial charge in [0.15, 0.2) is 0 Å². The molecule has 0 spiro atoms. The van der Waals surface area contributed by atoms with Crippen LogP contribution in [0.25, 0.3) is 0 Å². The number of carbonyl (C=O) groups is 1. The number of rotatable bonds is 4. The number of amides is 1. The Kier molecular flexibility index (Phi) is 6.08. The Morgan fingerprint density at radius 1 is 1.33 bits per heavy atom. The Labute approximate surface area is 140 Å². The zero-order chi connectivity index (χ0) is 15.4. The van der Waals surface area contributed by atoms with E-state index in [1.54, 1.807) is 18.2 Å². The first-order chi connectivity index (χ1) is 10.1. The van der Waals surface area contributed by atoms with E-state index in [1.165, 1.54) is 0 Å². The van der Waals surface area contributed by atoms with Crippen LogP contribution < -0.4 is 0 Å². The highest BCUT2D eigenvalue weighted by Gasteiger charge is 2.26. The first-order valence-electron chi connectivity index (χ1n) is 7.55. The predicted molar refractivity (Wildman–Crippen MR) is 91.0 cm³/mol. The third kappa shape index (κ3) is 3.99. The Balaban J connectivity index is 2.00. The molecule has 1 heterocycles. The van der Waals surface area contributed by atoms with E-state index in [-0.39, 0.29) is 5.91 Å². The lowest BCUT2D eigenvalue weighted by Gasteiger charge is -2.37. The van der Waals surface area contributed by atoms with E-state index in [9.17, 15) is 4.79 Å². The number of hydrogen-bond acceptors (Lipinski definition) is 2. The summed E-state index contributed by atoms with van der Waals surface area (Å²) < 4.78 is 0.769. The fourth-order valence-corrected chi connectivity index (χ4v) is 3.86. The normalized spacial score (nSPS) is 16.5. The molecule has 1 aliphatic heterocycles. The highest BCUT2D eigenvalue weighted by molar-refractivity contribution is 9.10. The first-order valence-corrected chi connectivity index (χ1v) is 8.72. The number of likely N-dealkylation sites (tertiary alicyclic amines) is 1. The van der Waals surface area contributed by atoms with Gasteiger partial charge in [0.25, 0.3) is 5.91 Å². The Hall–Kier alpha value is -0.580. The molecule has 0 atom stereocenters. The van der Waals surface area contributed by atoms with Gasteiger partial charge >= 0.3 is 0 Å². The number of benzene rings is 1. The highest BCUT2D eigenvalue weighted by atomic mass is 79.9. The number of piperidine rings is 1. The number of nitrogens with zero attached hydrogens (tertiary/aromatic N) is 2. The van der Waals surface area contributed by atoms with Crippen molar-refractivity contribution in [1.29, 1.82) is 0 Å². The molecule has 5 heteroatoms. The quantitative estimate of drug-likeness (QED) is 0.795. The molecule has 0 unspecified atom stereocenters.